The predicted octanol–water partition coefficient (Wildman–Crippen LogP) is 1.13. The SMILES string of the molecule is COC(=O)CCc1nnc2ccccc2n1. The number of fused-ring (bicyclic) bond motifs is 1. The van der Waals surface area contributed by atoms with Gasteiger partial charge >= 0.3 is 5.97 Å². The second-order valence-electron chi connectivity index (χ2n) is 3.29. The minimum absolute atomic E-state index is 0.267. The predicted molar refractivity (Wildman–Crippen MR) is 57.7 cm³/mol. The largest absolute Gasteiger partial charge is 0.469 e. The Morgan fingerprint density at radius 3 is 2.75 bits per heavy atom. The van der Waals surface area contributed by atoms with E-state index in [0.717, 1.165) is 11.0 Å². The summed E-state index contributed by atoms with van der Waals surface area (Å²) >= 11 is 0. The molecular weight excluding hydrogens is 206 g/mol. The van der Waals surface area contributed by atoms with Crippen molar-refractivity contribution in [1.29, 1.82) is 0 Å². The highest BCUT2D eigenvalue weighted by atomic mass is 16.5. The summed E-state index contributed by atoms with van der Waals surface area (Å²) in [5, 5.41) is 7.96. The van der Waals surface area contributed by atoms with Gasteiger partial charge in [-0.05, 0) is 12.1 Å². The van der Waals surface area contributed by atoms with E-state index in [-0.39, 0.29) is 12.4 Å². The fraction of sp³-hybridized carbons (Fsp3) is 0.273. The minimum atomic E-state index is -0.267. The topological polar surface area (TPSA) is 65.0 Å². The monoisotopic (exact) mass is 217 g/mol. The second-order valence-corrected chi connectivity index (χ2v) is 3.29. The molecule has 0 radical (unpaired) electrons. The Labute approximate surface area is 92.5 Å². The van der Waals surface area contributed by atoms with Crippen LogP contribution >= 0.6 is 0 Å². The van der Waals surface area contributed by atoms with Crippen LogP contribution < -0.4 is 0 Å². The number of carbonyl (C=O) groups is 1. The van der Waals surface area contributed by atoms with Crippen LogP contribution in [0.3, 0.4) is 0 Å². The number of benzene rings is 1. The van der Waals surface area contributed by atoms with Crippen molar-refractivity contribution < 1.29 is 9.53 Å². The van der Waals surface area contributed by atoms with Crippen LogP contribution in [0.4, 0.5) is 0 Å². The third-order valence-electron chi connectivity index (χ3n) is 2.18. The Morgan fingerprint density at radius 1 is 1.25 bits per heavy atom. The highest BCUT2D eigenvalue weighted by Crippen LogP contribution is 2.07. The summed E-state index contributed by atoms with van der Waals surface area (Å²) < 4.78 is 4.54. The minimum Gasteiger partial charge on any atom is -0.469 e. The molecule has 0 amide bonds. The average Bonchev–Trinajstić information content (AvgIpc) is 2.35. The van der Waals surface area contributed by atoms with Crippen LogP contribution in [-0.4, -0.2) is 28.3 Å². The number of rotatable bonds is 3. The van der Waals surface area contributed by atoms with E-state index in [0.29, 0.717) is 12.2 Å². The summed E-state index contributed by atoms with van der Waals surface area (Å²) in [5.41, 5.74) is 1.54. The first-order chi connectivity index (χ1) is 7.79. The molecule has 0 saturated heterocycles. The first-order valence-corrected chi connectivity index (χ1v) is 4.95. The van der Waals surface area contributed by atoms with E-state index >= 15 is 0 Å². The maximum atomic E-state index is 11.0. The number of aryl methyl sites for hydroxylation is 1. The number of carbonyl (C=O) groups excluding carboxylic acids is 1. The molecule has 5 nitrogen and oxygen atoms in total. The molecule has 0 unspecified atom stereocenters. The normalized spacial score (nSPS) is 10.3. The van der Waals surface area contributed by atoms with E-state index in [2.05, 4.69) is 19.9 Å². The zero-order chi connectivity index (χ0) is 11.4. The number of hydrogen-bond acceptors (Lipinski definition) is 5. The van der Waals surface area contributed by atoms with E-state index in [1.165, 1.54) is 7.11 Å². The summed E-state index contributed by atoms with van der Waals surface area (Å²) in [5.74, 6) is 0.292. The van der Waals surface area contributed by atoms with Crippen molar-refractivity contribution in [2.24, 2.45) is 0 Å². The lowest BCUT2D eigenvalue weighted by molar-refractivity contribution is -0.140. The molecule has 0 bridgehead atoms. The van der Waals surface area contributed by atoms with Gasteiger partial charge in [0.15, 0.2) is 5.82 Å². The zero-order valence-corrected chi connectivity index (χ0v) is 8.88. The molecule has 0 atom stereocenters. The van der Waals surface area contributed by atoms with E-state index in [4.69, 9.17) is 0 Å². The fourth-order valence-corrected chi connectivity index (χ4v) is 1.34. The van der Waals surface area contributed by atoms with Gasteiger partial charge in [-0.1, -0.05) is 12.1 Å². The molecule has 82 valence electrons. The van der Waals surface area contributed by atoms with Crippen molar-refractivity contribution in [3.63, 3.8) is 0 Å². The Morgan fingerprint density at radius 2 is 2.00 bits per heavy atom. The van der Waals surface area contributed by atoms with Crippen LogP contribution in [0.25, 0.3) is 11.0 Å². The maximum absolute atomic E-state index is 11.0. The maximum Gasteiger partial charge on any atom is 0.305 e. The van der Waals surface area contributed by atoms with Gasteiger partial charge in [0, 0.05) is 6.42 Å². The molecule has 2 rings (SSSR count). The quantitative estimate of drug-likeness (QED) is 0.721. The summed E-state index contributed by atoms with van der Waals surface area (Å²) in [4.78, 5) is 15.3. The van der Waals surface area contributed by atoms with Crippen molar-refractivity contribution in [2.45, 2.75) is 12.8 Å². The molecule has 0 fully saturated rings. The van der Waals surface area contributed by atoms with Gasteiger partial charge in [0.2, 0.25) is 0 Å². The number of hydrogen-bond donors (Lipinski definition) is 0. The van der Waals surface area contributed by atoms with Crippen LogP contribution in [-0.2, 0) is 16.0 Å². The molecule has 5 heteroatoms. The van der Waals surface area contributed by atoms with Gasteiger partial charge in [-0.3, -0.25) is 4.79 Å². The van der Waals surface area contributed by atoms with Gasteiger partial charge in [-0.25, -0.2) is 4.98 Å². The number of para-hydroxylation sites is 1. The standard InChI is InChI=1S/C11H11N3O2/c1-16-11(15)7-6-10-12-8-4-2-3-5-9(8)13-14-10/h2-5H,6-7H2,1H3. The molecule has 0 aliphatic heterocycles. The third kappa shape index (κ3) is 2.31. The Kier molecular flexibility index (Phi) is 3.05. The molecule has 0 N–H and O–H groups in total. The average molecular weight is 217 g/mol. The van der Waals surface area contributed by atoms with E-state index in [1.807, 2.05) is 24.3 Å². The lowest BCUT2D eigenvalue weighted by Crippen LogP contribution is -2.05. The zero-order valence-electron chi connectivity index (χ0n) is 8.88. The molecule has 0 aliphatic carbocycles. The van der Waals surface area contributed by atoms with Gasteiger partial charge in [0.05, 0.1) is 19.0 Å². The number of esters is 1. The molecule has 0 aliphatic rings. The van der Waals surface area contributed by atoms with Crippen molar-refractivity contribution >= 4 is 17.0 Å². The summed E-state index contributed by atoms with van der Waals surface area (Å²) in [6, 6.07) is 7.49. The summed E-state index contributed by atoms with van der Waals surface area (Å²) in [6.07, 6.45) is 0.723. The second kappa shape index (κ2) is 4.65. The molecule has 16 heavy (non-hydrogen) atoms. The molecule has 1 heterocycles. The molecular formula is C11H11N3O2. The van der Waals surface area contributed by atoms with E-state index in [1.54, 1.807) is 0 Å². The van der Waals surface area contributed by atoms with Gasteiger partial charge in [-0.2, -0.15) is 0 Å². The number of nitrogens with zero attached hydrogens (tertiary/aromatic N) is 3. The first-order valence-electron chi connectivity index (χ1n) is 4.95. The van der Waals surface area contributed by atoms with Gasteiger partial charge < -0.3 is 4.74 Å². The lowest BCUT2D eigenvalue weighted by Gasteiger charge is -2.00. The lowest BCUT2D eigenvalue weighted by atomic mass is 10.3. The Bertz CT molecular complexity index is 513. The smallest absolute Gasteiger partial charge is 0.305 e. The van der Waals surface area contributed by atoms with Crippen LogP contribution in [0.1, 0.15) is 12.2 Å². The number of ether oxygens (including phenoxy) is 1. The van der Waals surface area contributed by atoms with Crippen molar-refractivity contribution in [2.75, 3.05) is 7.11 Å². The Hall–Kier alpha value is -2.04. The van der Waals surface area contributed by atoms with Gasteiger partial charge in [0.1, 0.15) is 5.52 Å². The first kappa shape index (κ1) is 10.5. The molecule has 2 aromatic rings. The Balaban J connectivity index is 2.16. The number of aromatic nitrogens is 3. The molecule has 0 spiro atoms. The highest BCUT2D eigenvalue weighted by molar-refractivity contribution is 5.73. The fourth-order valence-electron chi connectivity index (χ4n) is 1.34. The molecule has 0 saturated carbocycles. The molecule has 1 aromatic carbocycles. The van der Waals surface area contributed by atoms with Crippen LogP contribution in [0.15, 0.2) is 24.3 Å². The highest BCUT2D eigenvalue weighted by Gasteiger charge is 2.05. The molecule has 1 aromatic heterocycles. The van der Waals surface area contributed by atoms with Crippen molar-refractivity contribution in [3.05, 3.63) is 30.1 Å². The van der Waals surface area contributed by atoms with E-state index in [9.17, 15) is 4.79 Å². The number of methoxy groups -OCH3 is 1. The van der Waals surface area contributed by atoms with Crippen molar-refractivity contribution in [3.8, 4) is 0 Å². The summed E-state index contributed by atoms with van der Waals surface area (Å²) in [7, 11) is 1.36. The van der Waals surface area contributed by atoms with Gasteiger partial charge in [0.25, 0.3) is 0 Å². The van der Waals surface area contributed by atoms with E-state index < -0.39 is 0 Å². The summed E-state index contributed by atoms with van der Waals surface area (Å²) in [6.45, 7) is 0. The van der Waals surface area contributed by atoms with Crippen molar-refractivity contribution in [1.82, 2.24) is 15.2 Å². The van der Waals surface area contributed by atoms with Crippen LogP contribution in [0, 0.1) is 0 Å². The van der Waals surface area contributed by atoms with Crippen LogP contribution in [0.5, 0.6) is 0 Å². The third-order valence-corrected chi connectivity index (χ3v) is 2.18. The van der Waals surface area contributed by atoms with Crippen LogP contribution in [0.2, 0.25) is 0 Å². The van der Waals surface area contributed by atoms with Gasteiger partial charge in [-0.15, -0.1) is 10.2 Å².